The Hall–Kier alpha value is -1.59. The Morgan fingerprint density at radius 3 is 2.23 bits per heavy atom. The van der Waals surface area contributed by atoms with Crippen LogP contribution in [0.2, 0.25) is 0 Å². The molecule has 1 heterocycles. The number of benzene rings is 1. The normalized spacial score (nSPS) is 19.8. The fourth-order valence-electron chi connectivity index (χ4n) is 3.78. The molecule has 1 fully saturated rings. The first-order chi connectivity index (χ1) is 12.2. The van der Waals surface area contributed by atoms with Gasteiger partial charge in [-0.15, -0.1) is 0 Å². The van der Waals surface area contributed by atoms with E-state index in [-0.39, 0.29) is 17.2 Å². The lowest BCUT2D eigenvalue weighted by Crippen LogP contribution is -2.60. The zero-order valence-corrected chi connectivity index (χ0v) is 17.2. The van der Waals surface area contributed by atoms with Gasteiger partial charge < -0.3 is 10.4 Å². The fraction of sp³-hybridized carbons (Fsp3) is 0.667. The van der Waals surface area contributed by atoms with E-state index in [0.717, 1.165) is 12.8 Å². The number of hydrogen-bond acceptors (Lipinski definition) is 3. The van der Waals surface area contributed by atoms with Gasteiger partial charge in [-0.2, -0.15) is 5.06 Å². The first kappa shape index (κ1) is 22.5. The molecule has 0 saturated carbocycles. The molecular formula is C21H36N2O3. The van der Waals surface area contributed by atoms with Crippen LogP contribution < -0.4 is 5.32 Å². The van der Waals surface area contributed by atoms with Gasteiger partial charge in [0.2, 0.25) is 0 Å². The Morgan fingerprint density at radius 1 is 1.23 bits per heavy atom. The second-order valence-electron chi connectivity index (χ2n) is 7.61. The number of nitrogens with one attached hydrogen (secondary N) is 1. The number of carboxylic acid groups (broad SMARTS) is 1. The number of hydroxylamine groups is 2. The highest BCUT2D eigenvalue weighted by atomic mass is 16.7. The molecule has 1 aromatic rings. The van der Waals surface area contributed by atoms with E-state index in [4.69, 9.17) is 9.94 Å². The molecule has 148 valence electrons. The number of nitrogens with zero attached hydrogens (tertiary/aromatic N) is 1. The standard InChI is InChI=1S/C19H31NO.C2H5NO2/c1-6-19(7-2)15-11-14-18(4,5)20(19)21-16(3)17-12-9-8-10-13-17;1-3-2(4)5/h8-10,12-13,16H,6-7,11,14-15H2,1-5H3;3H,1H3,(H,4,5). The van der Waals surface area contributed by atoms with E-state index >= 15 is 0 Å². The Morgan fingerprint density at radius 2 is 1.77 bits per heavy atom. The van der Waals surface area contributed by atoms with Crippen molar-refractivity contribution in [3.63, 3.8) is 0 Å². The van der Waals surface area contributed by atoms with Crippen LogP contribution in [0.1, 0.15) is 78.4 Å². The minimum atomic E-state index is -0.995. The summed E-state index contributed by atoms with van der Waals surface area (Å²) in [6, 6.07) is 10.5. The van der Waals surface area contributed by atoms with Gasteiger partial charge in [-0.25, -0.2) is 4.79 Å². The Balaban J connectivity index is 0.000000597. The van der Waals surface area contributed by atoms with Crippen LogP contribution in [0.5, 0.6) is 0 Å². The van der Waals surface area contributed by atoms with Crippen molar-refractivity contribution < 1.29 is 14.7 Å². The lowest BCUT2D eigenvalue weighted by atomic mass is 9.77. The van der Waals surface area contributed by atoms with Gasteiger partial charge in [0.1, 0.15) is 6.10 Å². The maximum Gasteiger partial charge on any atom is 0.404 e. The van der Waals surface area contributed by atoms with Crippen molar-refractivity contribution in [2.75, 3.05) is 7.05 Å². The predicted octanol–water partition coefficient (Wildman–Crippen LogP) is 5.39. The van der Waals surface area contributed by atoms with E-state index in [0.29, 0.717) is 0 Å². The maximum absolute atomic E-state index is 9.26. The van der Waals surface area contributed by atoms with Crippen LogP contribution in [0.15, 0.2) is 30.3 Å². The molecule has 1 unspecified atom stereocenters. The molecule has 1 atom stereocenters. The molecule has 0 radical (unpaired) electrons. The van der Waals surface area contributed by atoms with Crippen LogP contribution in [0.3, 0.4) is 0 Å². The van der Waals surface area contributed by atoms with Gasteiger partial charge in [-0.05, 0) is 58.4 Å². The third-order valence-electron chi connectivity index (χ3n) is 5.47. The summed E-state index contributed by atoms with van der Waals surface area (Å²) in [7, 11) is 1.35. The van der Waals surface area contributed by atoms with Crippen molar-refractivity contribution in [1.82, 2.24) is 10.4 Å². The summed E-state index contributed by atoms with van der Waals surface area (Å²) >= 11 is 0. The molecule has 1 aliphatic rings. The van der Waals surface area contributed by atoms with Crippen molar-refractivity contribution in [3.8, 4) is 0 Å². The molecule has 2 rings (SSSR count). The molecule has 26 heavy (non-hydrogen) atoms. The quantitative estimate of drug-likeness (QED) is 0.736. The first-order valence-corrected chi connectivity index (χ1v) is 9.65. The second-order valence-corrected chi connectivity index (χ2v) is 7.61. The van der Waals surface area contributed by atoms with Crippen molar-refractivity contribution in [2.24, 2.45) is 0 Å². The smallest absolute Gasteiger partial charge is 0.404 e. The number of piperidine rings is 1. The van der Waals surface area contributed by atoms with Gasteiger partial charge in [0.25, 0.3) is 0 Å². The largest absolute Gasteiger partial charge is 0.465 e. The molecule has 1 amide bonds. The van der Waals surface area contributed by atoms with E-state index in [9.17, 15) is 4.79 Å². The summed E-state index contributed by atoms with van der Waals surface area (Å²) in [6.07, 6.45) is 5.14. The minimum absolute atomic E-state index is 0.0982. The SMILES string of the molecule is CCC1(CC)CCCC(C)(C)N1OC(C)c1ccccc1.CNC(=O)O. The van der Waals surface area contributed by atoms with Crippen LogP contribution in [0.25, 0.3) is 0 Å². The molecule has 0 aromatic heterocycles. The molecule has 0 aliphatic carbocycles. The molecule has 1 aliphatic heterocycles. The van der Waals surface area contributed by atoms with Gasteiger partial charge in [-0.1, -0.05) is 44.2 Å². The minimum Gasteiger partial charge on any atom is -0.465 e. The highest BCUT2D eigenvalue weighted by molar-refractivity contribution is 5.63. The summed E-state index contributed by atoms with van der Waals surface area (Å²) in [5.41, 5.74) is 1.54. The van der Waals surface area contributed by atoms with Crippen molar-refractivity contribution >= 4 is 6.09 Å². The van der Waals surface area contributed by atoms with Crippen molar-refractivity contribution in [3.05, 3.63) is 35.9 Å². The zero-order valence-electron chi connectivity index (χ0n) is 17.2. The number of hydrogen-bond donors (Lipinski definition) is 2. The van der Waals surface area contributed by atoms with E-state index < -0.39 is 6.09 Å². The third-order valence-corrected chi connectivity index (χ3v) is 5.47. The Kier molecular flexibility index (Phi) is 8.57. The van der Waals surface area contributed by atoms with Gasteiger partial charge in [0, 0.05) is 18.1 Å². The van der Waals surface area contributed by atoms with Gasteiger partial charge in [0.15, 0.2) is 0 Å². The Bertz CT molecular complexity index is 541. The number of amides is 1. The lowest BCUT2D eigenvalue weighted by molar-refractivity contribution is -0.313. The van der Waals surface area contributed by atoms with E-state index in [2.05, 4.69) is 70.0 Å². The predicted molar refractivity (Wildman–Crippen MR) is 106 cm³/mol. The Labute approximate surface area is 158 Å². The first-order valence-electron chi connectivity index (χ1n) is 9.65. The average Bonchev–Trinajstić information content (AvgIpc) is 2.64. The van der Waals surface area contributed by atoms with Crippen LogP contribution >= 0.6 is 0 Å². The fourth-order valence-corrected chi connectivity index (χ4v) is 3.78. The molecule has 1 saturated heterocycles. The summed E-state index contributed by atoms with van der Waals surface area (Å²) in [5.74, 6) is 0. The third kappa shape index (κ3) is 5.71. The topological polar surface area (TPSA) is 61.8 Å². The summed E-state index contributed by atoms with van der Waals surface area (Å²) in [4.78, 5) is 15.8. The number of rotatable bonds is 5. The molecule has 0 spiro atoms. The van der Waals surface area contributed by atoms with Gasteiger partial charge in [0.05, 0.1) is 0 Å². The van der Waals surface area contributed by atoms with Crippen LogP contribution in [0.4, 0.5) is 4.79 Å². The highest BCUT2D eigenvalue weighted by Gasteiger charge is 2.46. The maximum atomic E-state index is 9.26. The summed E-state index contributed by atoms with van der Waals surface area (Å²) < 4.78 is 0. The van der Waals surface area contributed by atoms with Crippen molar-refractivity contribution in [1.29, 1.82) is 0 Å². The zero-order chi connectivity index (χ0) is 19.8. The van der Waals surface area contributed by atoms with Gasteiger partial charge in [-0.3, -0.25) is 4.84 Å². The summed E-state index contributed by atoms with van der Waals surface area (Å²) in [6.45, 7) is 11.4. The van der Waals surface area contributed by atoms with Crippen LogP contribution in [-0.4, -0.2) is 34.4 Å². The van der Waals surface area contributed by atoms with Crippen LogP contribution in [0, 0.1) is 0 Å². The van der Waals surface area contributed by atoms with E-state index in [1.165, 1.54) is 31.9 Å². The van der Waals surface area contributed by atoms with Crippen LogP contribution in [-0.2, 0) is 4.84 Å². The molecule has 2 N–H and O–H groups in total. The summed E-state index contributed by atoms with van der Waals surface area (Å²) in [5, 5.41) is 11.9. The van der Waals surface area contributed by atoms with E-state index in [1.54, 1.807) is 0 Å². The molecule has 1 aromatic carbocycles. The molecule has 5 nitrogen and oxygen atoms in total. The second kappa shape index (κ2) is 9.93. The van der Waals surface area contributed by atoms with E-state index in [1.807, 2.05) is 5.32 Å². The molecular weight excluding hydrogens is 328 g/mol. The lowest BCUT2D eigenvalue weighted by Gasteiger charge is -2.54. The van der Waals surface area contributed by atoms with Crippen molar-refractivity contribution in [2.45, 2.75) is 83.9 Å². The molecule has 5 heteroatoms. The molecule has 0 bridgehead atoms. The van der Waals surface area contributed by atoms with Gasteiger partial charge >= 0.3 is 6.09 Å². The highest BCUT2D eigenvalue weighted by Crippen LogP contribution is 2.44. The number of carbonyl (C=O) groups is 1. The monoisotopic (exact) mass is 364 g/mol. The average molecular weight is 365 g/mol.